The number of azo groups is 1. The summed E-state index contributed by atoms with van der Waals surface area (Å²) in [6.07, 6.45) is -4.59. The third-order valence-electron chi connectivity index (χ3n) is 4.97. The van der Waals surface area contributed by atoms with Crippen LogP contribution in [0.15, 0.2) is 81.1 Å². The number of aromatic amines is 1. The summed E-state index contributed by atoms with van der Waals surface area (Å²) in [7, 11) is 0. The lowest BCUT2D eigenvalue weighted by molar-refractivity contribution is -0.141. The average molecular weight is 513 g/mol. The highest BCUT2D eigenvalue weighted by molar-refractivity contribution is 7.15. The molecule has 3 heterocycles. The maximum Gasteiger partial charge on any atom is 0.434 e. The summed E-state index contributed by atoms with van der Waals surface area (Å²) in [5.41, 5.74) is 1.01. The molecule has 0 bridgehead atoms. The molecule has 2 aromatic carbocycles. The lowest BCUT2D eigenvalue weighted by Crippen LogP contribution is -2.13. The highest BCUT2D eigenvalue weighted by atomic mass is 32.1. The van der Waals surface area contributed by atoms with Crippen LogP contribution < -0.4 is 5.56 Å². The number of hydrogen-bond donors (Lipinski definition) is 1. The number of nitrogens with one attached hydrogen (secondary N) is 1. The summed E-state index contributed by atoms with van der Waals surface area (Å²) in [6, 6.07) is 18.5. The van der Waals surface area contributed by atoms with E-state index in [2.05, 4.69) is 25.3 Å². The van der Waals surface area contributed by atoms with Crippen molar-refractivity contribution in [1.82, 2.24) is 19.7 Å². The van der Waals surface area contributed by atoms with Crippen LogP contribution in [-0.4, -0.2) is 19.7 Å². The molecule has 0 aliphatic heterocycles. The number of alkyl halides is 3. The molecule has 5 aromatic rings. The quantitative estimate of drug-likeness (QED) is 0.254. The van der Waals surface area contributed by atoms with Crippen LogP contribution in [0.3, 0.4) is 0 Å². The van der Waals surface area contributed by atoms with Crippen molar-refractivity contribution in [3.05, 3.63) is 87.0 Å². The summed E-state index contributed by atoms with van der Waals surface area (Å²) >= 11 is 2.02. The van der Waals surface area contributed by atoms with Gasteiger partial charge in [0.1, 0.15) is 0 Å². The van der Waals surface area contributed by atoms with Crippen molar-refractivity contribution >= 4 is 33.5 Å². The fraction of sp³-hybridized carbons (Fsp3) is 0.0870. The topological polar surface area (TPSA) is 88.3 Å². The Morgan fingerprint density at radius 1 is 0.943 bits per heavy atom. The van der Waals surface area contributed by atoms with E-state index in [-0.39, 0.29) is 15.7 Å². The van der Waals surface area contributed by atoms with Crippen LogP contribution in [0.4, 0.5) is 24.0 Å². The van der Waals surface area contributed by atoms with Gasteiger partial charge in [-0.15, -0.1) is 21.6 Å². The van der Waals surface area contributed by atoms with Crippen molar-refractivity contribution in [3.8, 4) is 27.6 Å². The van der Waals surface area contributed by atoms with Gasteiger partial charge in [0.05, 0.1) is 11.4 Å². The Balaban J connectivity index is 1.58. The molecule has 12 heteroatoms. The van der Waals surface area contributed by atoms with E-state index in [4.69, 9.17) is 0 Å². The molecule has 0 radical (unpaired) electrons. The van der Waals surface area contributed by atoms with Crippen LogP contribution in [0.1, 0.15) is 10.6 Å². The Morgan fingerprint density at radius 2 is 1.60 bits per heavy atom. The molecular formula is C23H15F3N6OS2. The number of hydrogen-bond acceptors (Lipinski definition) is 7. The Bertz CT molecular complexity index is 1570. The minimum atomic E-state index is -4.59. The molecule has 0 unspecified atom stereocenters. The Hall–Kier alpha value is -3.90. The molecule has 35 heavy (non-hydrogen) atoms. The third-order valence-corrected chi connectivity index (χ3v) is 6.65. The van der Waals surface area contributed by atoms with E-state index in [9.17, 15) is 18.0 Å². The van der Waals surface area contributed by atoms with Gasteiger partial charge in [0.2, 0.25) is 10.3 Å². The molecular weight excluding hydrogens is 497 g/mol. The van der Waals surface area contributed by atoms with Gasteiger partial charge in [-0.25, -0.2) is 9.97 Å². The van der Waals surface area contributed by atoms with Crippen molar-refractivity contribution in [3.63, 3.8) is 0 Å². The molecule has 0 aliphatic carbocycles. The first-order valence-corrected chi connectivity index (χ1v) is 11.9. The average Bonchev–Trinajstić information content (AvgIpc) is 3.56. The zero-order valence-electron chi connectivity index (χ0n) is 17.9. The van der Waals surface area contributed by atoms with Gasteiger partial charge in [-0.05, 0) is 6.92 Å². The first-order valence-electron chi connectivity index (χ1n) is 10.2. The second-order valence-corrected chi connectivity index (χ2v) is 9.34. The highest BCUT2D eigenvalue weighted by Gasteiger charge is 2.36. The van der Waals surface area contributed by atoms with Gasteiger partial charge in [-0.2, -0.15) is 17.9 Å². The fourth-order valence-corrected chi connectivity index (χ4v) is 4.89. The highest BCUT2D eigenvalue weighted by Crippen LogP contribution is 2.37. The number of benzene rings is 2. The van der Waals surface area contributed by atoms with E-state index in [1.807, 2.05) is 41.8 Å². The molecule has 0 saturated heterocycles. The molecule has 0 amide bonds. The molecule has 3 aromatic heterocycles. The van der Waals surface area contributed by atoms with Gasteiger partial charge in [0.15, 0.2) is 11.4 Å². The van der Waals surface area contributed by atoms with Gasteiger partial charge in [0.25, 0.3) is 0 Å². The normalized spacial score (nSPS) is 12.0. The van der Waals surface area contributed by atoms with E-state index < -0.39 is 17.4 Å². The van der Waals surface area contributed by atoms with Gasteiger partial charge in [-0.3, -0.25) is 9.89 Å². The Labute approximate surface area is 204 Å². The standard InChI is InChI=1S/C23H15F3N6OS2/c1-13-19(23(24,25)26)28-21(35-13)30-29-18-17(15-10-6-3-7-11-15)31-32(20(18)33)22-27-16(12-34-22)14-8-4-2-5-9-14/h2-12,31H,1H3. The summed E-state index contributed by atoms with van der Waals surface area (Å²) in [6.45, 7) is 1.31. The zero-order chi connectivity index (χ0) is 24.6. The van der Waals surface area contributed by atoms with Crippen LogP contribution in [0.25, 0.3) is 27.6 Å². The lowest BCUT2D eigenvalue weighted by Gasteiger charge is -2.01. The van der Waals surface area contributed by atoms with Gasteiger partial charge in [0, 0.05) is 21.4 Å². The van der Waals surface area contributed by atoms with Crippen LogP contribution in [0.5, 0.6) is 0 Å². The minimum Gasteiger partial charge on any atom is -0.286 e. The molecule has 0 fully saturated rings. The van der Waals surface area contributed by atoms with Crippen molar-refractivity contribution in [2.75, 3.05) is 0 Å². The number of nitrogens with zero attached hydrogens (tertiary/aromatic N) is 5. The van der Waals surface area contributed by atoms with E-state index in [1.165, 1.54) is 22.9 Å². The SMILES string of the molecule is Cc1sc(N=Nc2c(-c3ccccc3)[nH]n(-c3nc(-c4ccccc4)cs3)c2=O)nc1C(F)(F)F. The van der Waals surface area contributed by atoms with Crippen LogP contribution in [-0.2, 0) is 6.18 Å². The van der Waals surface area contributed by atoms with Crippen LogP contribution in [0, 0.1) is 6.92 Å². The Morgan fingerprint density at radius 3 is 2.23 bits per heavy atom. The Kier molecular flexibility index (Phi) is 5.91. The summed E-state index contributed by atoms with van der Waals surface area (Å²) in [5.74, 6) is 0. The smallest absolute Gasteiger partial charge is 0.286 e. The van der Waals surface area contributed by atoms with E-state index in [0.717, 1.165) is 16.9 Å². The molecule has 0 aliphatic rings. The summed E-state index contributed by atoms with van der Waals surface area (Å²) in [4.78, 5) is 21.4. The number of H-pyrrole nitrogens is 1. The molecule has 7 nitrogen and oxygen atoms in total. The number of halogens is 3. The van der Waals surface area contributed by atoms with Crippen molar-refractivity contribution in [1.29, 1.82) is 0 Å². The fourth-order valence-electron chi connectivity index (χ4n) is 3.35. The molecule has 0 spiro atoms. The van der Waals surface area contributed by atoms with Crippen LogP contribution >= 0.6 is 22.7 Å². The molecule has 0 saturated carbocycles. The first-order chi connectivity index (χ1) is 16.8. The van der Waals surface area contributed by atoms with Crippen molar-refractivity contribution in [2.24, 2.45) is 10.2 Å². The van der Waals surface area contributed by atoms with Crippen molar-refractivity contribution < 1.29 is 13.2 Å². The first kappa shape index (κ1) is 22.9. The maximum absolute atomic E-state index is 13.3. The molecule has 0 atom stereocenters. The number of thiazole rings is 2. The number of rotatable bonds is 5. The van der Waals surface area contributed by atoms with Crippen LogP contribution in [0.2, 0.25) is 0 Å². The van der Waals surface area contributed by atoms with E-state index >= 15 is 0 Å². The monoisotopic (exact) mass is 512 g/mol. The summed E-state index contributed by atoms with van der Waals surface area (Å²) in [5, 5.41) is 12.9. The van der Waals surface area contributed by atoms with E-state index in [0.29, 0.717) is 22.1 Å². The van der Waals surface area contributed by atoms with Gasteiger partial charge >= 0.3 is 11.7 Å². The number of aromatic nitrogens is 4. The van der Waals surface area contributed by atoms with Crippen molar-refractivity contribution in [2.45, 2.75) is 13.1 Å². The predicted molar refractivity (Wildman–Crippen MR) is 129 cm³/mol. The molecule has 176 valence electrons. The lowest BCUT2D eigenvalue weighted by atomic mass is 10.1. The second kappa shape index (κ2) is 9.04. The van der Waals surface area contributed by atoms with E-state index in [1.54, 1.807) is 24.3 Å². The largest absolute Gasteiger partial charge is 0.434 e. The molecule has 5 rings (SSSR count). The third kappa shape index (κ3) is 4.57. The summed E-state index contributed by atoms with van der Waals surface area (Å²) < 4.78 is 40.5. The molecule has 1 N–H and O–H groups in total. The zero-order valence-corrected chi connectivity index (χ0v) is 19.6. The number of aryl methyl sites for hydroxylation is 1. The maximum atomic E-state index is 13.3. The van der Waals surface area contributed by atoms with Gasteiger partial charge in [-0.1, -0.05) is 72.0 Å². The predicted octanol–water partition coefficient (Wildman–Crippen LogP) is 7.16. The van der Waals surface area contributed by atoms with Gasteiger partial charge < -0.3 is 0 Å². The minimum absolute atomic E-state index is 0.0301. The second-order valence-electron chi connectivity index (χ2n) is 7.32.